The van der Waals surface area contributed by atoms with Crippen LogP contribution in [0.1, 0.15) is 31.4 Å². The van der Waals surface area contributed by atoms with Crippen molar-refractivity contribution in [3.8, 4) is 0 Å². The van der Waals surface area contributed by atoms with Crippen LogP contribution >= 0.6 is 0 Å². The zero-order chi connectivity index (χ0) is 16.9. The van der Waals surface area contributed by atoms with E-state index in [2.05, 4.69) is 15.8 Å². The van der Waals surface area contributed by atoms with E-state index in [4.69, 9.17) is 4.52 Å². The predicted octanol–water partition coefficient (Wildman–Crippen LogP) is 1.19. The van der Waals surface area contributed by atoms with Crippen LogP contribution in [0.3, 0.4) is 0 Å². The first-order chi connectivity index (χ1) is 11.6. The van der Waals surface area contributed by atoms with Crippen molar-refractivity contribution >= 4 is 17.8 Å². The van der Waals surface area contributed by atoms with Crippen molar-refractivity contribution in [2.24, 2.45) is 0 Å². The van der Waals surface area contributed by atoms with Gasteiger partial charge in [-0.2, -0.15) is 0 Å². The fourth-order valence-corrected chi connectivity index (χ4v) is 3.26. The van der Waals surface area contributed by atoms with E-state index >= 15 is 0 Å². The van der Waals surface area contributed by atoms with Gasteiger partial charge in [0, 0.05) is 38.3 Å². The first kappa shape index (κ1) is 16.8. The Morgan fingerprint density at radius 3 is 2.58 bits per heavy atom. The number of hydrogen-bond donors (Lipinski definition) is 2. The molecule has 132 valence electrons. The number of aryl methyl sites for hydroxylation is 1. The number of nitrogens with one attached hydrogen (secondary N) is 2. The first-order valence-corrected chi connectivity index (χ1v) is 8.61. The van der Waals surface area contributed by atoms with E-state index in [-0.39, 0.29) is 11.9 Å². The molecule has 0 radical (unpaired) electrons. The number of amides is 3. The quantitative estimate of drug-likeness (QED) is 0.862. The molecule has 1 saturated heterocycles. The van der Waals surface area contributed by atoms with Gasteiger partial charge in [-0.1, -0.05) is 18.0 Å². The molecule has 0 spiro atoms. The van der Waals surface area contributed by atoms with Gasteiger partial charge in [-0.05, 0) is 19.8 Å². The maximum atomic E-state index is 12.2. The molecule has 8 nitrogen and oxygen atoms in total. The standard InChI is InChI=1S/C16H25N5O3/c1-12-10-14(19-24-12)18-15(22)11-20-6-8-21(9-7-20)16(23)17-13-4-2-3-5-13/h10,13H,2-9,11H2,1H3,(H,17,23)(H,18,19,22). The lowest BCUT2D eigenvalue weighted by Crippen LogP contribution is -2.54. The van der Waals surface area contributed by atoms with Crippen molar-refractivity contribution in [2.75, 3.05) is 38.0 Å². The summed E-state index contributed by atoms with van der Waals surface area (Å²) in [6, 6.07) is 2.06. The molecule has 1 aromatic rings. The number of nitrogens with zero attached hydrogens (tertiary/aromatic N) is 3. The molecule has 1 saturated carbocycles. The molecule has 3 rings (SSSR count). The Balaban J connectivity index is 1.38. The molecule has 0 unspecified atom stereocenters. The van der Waals surface area contributed by atoms with Crippen LogP contribution < -0.4 is 10.6 Å². The van der Waals surface area contributed by atoms with Gasteiger partial charge >= 0.3 is 6.03 Å². The molecule has 2 N–H and O–H groups in total. The van der Waals surface area contributed by atoms with Gasteiger partial charge in [0.2, 0.25) is 5.91 Å². The largest absolute Gasteiger partial charge is 0.360 e. The number of anilines is 1. The average Bonchev–Trinajstić information content (AvgIpc) is 3.20. The Labute approximate surface area is 141 Å². The second kappa shape index (κ2) is 7.65. The van der Waals surface area contributed by atoms with Gasteiger partial charge in [0.15, 0.2) is 5.82 Å². The Hall–Kier alpha value is -2.09. The van der Waals surface area contributed by atoms with Crippen LogP contribution in [0.5, 0.6) is 0 Å². The third kappa shape index (κ3) is 4.47. The van der Waals surface area contributed by atoms with Gasteiger partial charge in [-0.25, -0.2) is 4.79 Å². The van der Waals surface area contributed by atoms with Crippen molar-refractivity contribution in [1.82, 2.24) is 20.3 Å². The van der Waals surface area contributed by atoms with E-state index < -0.39 is 0 Å². The maximum Gasteiger partial charge on any atom is 0.317 e. The minimum Gasteiger partial charge on any atom is -0.360 e. The van der Waals surface area contributed by atoms with Crippen LogP contribution in [0.2, 0.25) is 0 Å². The summed E-state index contributed by atoms with van der Waals surface area (Å²) in [5.41, 5.74) is 0. The highest BCUT2D eigenvalue weighted by molar-refractivity contribution is 5.91. The molecular weight excluding hydrogens is 310 g/mol. The van der Waals surface area contributed by atoms with Crippen LogP contribution in [0.4, 0.5) is 10.6 Å². The number of carbonyl (C=O) groups excluding carboxylic acids is 2. The molecule has 0 bridgehead atoms. The fraction of sp³-hybridized carbons (Fsp3) is 0.688. The lowest BCUT2D eigenvalue weighted by Gasteiger charge is -2.34. The number of hydrogen-bond acceptors (Lipinski definition) is 5. The topological polar surface area (TPSA) is 90.7 Å². The maximum absolute atomic E-state index is 12.2. The van der Waals surface area contributed by atoms with Crippen molar-refractivity contribution in [1.29, 1.82) is 0 Å². The van der Waals surface area contributed by atoms with Gasteiger partial charge in [0.25, 0.3) is 0 Å². The average molecular weight is 335 g/mol. The summed E-state index contributed by atoms with van der Waals surface area (Å²) in [6.07, 6.45) is 4.60. The molecule has 3 amide bonds. The number of aromatic nitrogens is 1. The van der Waals surface area contributed by atoms with Gasteiger partial charge in [-0.3, -0.25) is 9.69 Å². The monoisotopic (exact) mass is 335 g/mol. The Morgan fingerprint density at radius 1 is 1.25 bits per heavy atom. The Bertz CT molecular complexity index is 574. The lowest BCUT2D eigenvalue weighted by molar-refractivity contribution is -0.117. The second-order valence-electron chi connectivity index (χ2n) is 6.57. The minimum atomic E-state index is -0.118. The van der Waals surface area contributed by atoms with E-state index in [1.807, 2.05) is 9.80 Å². The van der Waals surface area contributed by atoms with Crippen molar-refractivity contribution in [3.63, 3.8) is 0 Å². The molecule has 2 heterocycles. The molecule has 1 aliphatic heterocycles. The fourth-order valence-electron chi connectivity index (χ4n) is 3.26. The van der Waals surface area contributed by atoms with E-state index in [1.165, 1.54) is 12.8 Å². The van der Waals surface area contributed by atoms with Crippen LogP contribution in [-0.4, -0.2) is 65.7 Å². The highest BCUT2D eigenvalue weighted by atomic mass is 16.5. The minimum absolute atomic E-state index is 0.0315. The SMILES string of the molecule is Cc1cc(NC(=O)CN2CCN(C(=O)NC3CCCC3)CC2)no1. The van der Waals surface area contributed by atoms with E-state index in [1.54, 1.807) is 13.0 Å². The highest BCUT2D eigenvalue weighted by Crippen LogP contribution is 2.18. The first-order valence-electron chi connectivity index (χ1n) is 8.61. The predicted molar refractivity (Wildman–Crippen MR) is 88.7 cm³/mol. The summed E-state index contributed by atoms with van der Waals surface area (Å²) in [4.78, 5) is 28.1. The van der Waals surface area contributed by atoms with E-state index in [0.29, 0.717) is 50.3 Å². The van der Waals surface area contributed by atoms with Crippen molar-refractivity contribution in [2.45, 2.75) is 38.6 Å². The summed E-state index contributed by atoms with van der Waals surface area (Å²) in [5, 5.41) is 9.57. The van der Waals surface area contributed by atoms with Gasteiger partial charge in [0.05, 0.1) is 6.54 Å². The highest BCUT2D eigenvalue weighted by Gasteiger charge is 2.25. The van der Waals surface area contributed by atoms with Crippen LogP contribution in [0.25, 0.3) is 0 Å². The van der Waals surface area contributed by atoms with Crippen molar-refractivity contribution in [3.05, 3.63) is 11.8 Å². The van der Waals surface area contributed by atoms with Crippen LogP contribution in [-0.2, 0) is 4.79 Å². The Morgan fingerprint density at radius 2 is 1.96 bits per heavy atom. The van der Waals surface area contributed by atoms with E-state index in [0.717, 1.165) is 12.8 Å². The molecule has 8 heteroatoms. The third-order valence-electron chi connectivity index (χ3n) is 4.60. The summed E-state index contributed by atoms with van der Waals surface area (Å²) in [7, 11) is 0. The smallest absolute Gasteiger partial charge is 0.317 e. The normalized spacial score (nSPS) is 19.5. The molecule has 0 aromatic carbocycles. The molecular formula is C16H25N5O3. The number of carbonyl (C=O) groups is 2. The number of urea groups is 1. The molecule has 1 aliphatic carbocycles. The Kier molecular flexibility index (Phi) is 5.34. The summed E-state index contributed by atoms with van der Waals surface area (Å²) < 4.78 is 4.92. The second-order valence-corrected chi connectivity index (χ2v) is 6.57. The molecule has 2 aliphatic rings. The van der Waals surface area contributed by atoms with Crippen LogP contribution in [0, 0.1) is 6.92 Å². The van der Waals surface area contributed by atoms with E-state index in [9.17, 15) is 9.59 Å². The summed E-state index contributed by atoms with van der Waals surface area (Å²) in [5.74, 6) is 0.978. The molecule has 24 heavy (non-hydrogen) atoms. The third-order valence-corrected chi connectivity index (χ3v) is 4.60. The van der Waals surface area contributed by atoms with Gasteiger partial charge < -0.3 is 20.1 Å². The number of rotatable bonds is 4. The number of piperazine rings is 1. The van der Waals surface area contributed by atoms with Gasteiger partial charge in [-0.15, -0.1) is 0 Å². The zero-order valence-corrected chi connectivity index (χ0v) is 14.1. The summed E-state index contributed by atoms with van der Waals surface area (Å²) >= 11 is 0. The summed E-state index contributed by atoms with van der Waals surface area (Å²) in [6.45, 7) is 4.76. The van der Waals surface area contributed by atoms with Crippen molar-refractivity contribution < 1.29 is 14.1 Å². The molecule has 2 fully saturated rings. The van der Waals surface area contributed by atoms with Crippen LogP contribution in [0.15, 0.2) is 10.6 Å². The van der Waals surface area contributed by atoms with Gasteiger partial charge in [0.1, 0.15) is 5.76 Å². The zero-order valence-electron chi connectivity index (χ0n) is 14.1. The molecule has 0 atom stereocenters. The lowest BCUT2D eigenvalue weighted by atomic mass is 10.2. The molecule has 1 aromatic heterocycles.